The lowest BCUT2D eigenvalue weighted by Gasteiger charge is -2.20. The molecule has 1 aliphatic rings. The summed E-state index contributed by atoms with van der Waals surface area (Å²) in [6.07, 6.45) is 0. The second-order valence-electron chi connectivity index (χ2n) is 4.43. The lowest BCUT2D eigenvalue weighted by molar-refractivity contribution is 0.171. The molecule has 0 radical (unpaired) electrons. The van der Waals surface area contributed by atoms with Gasteiger partial charge < -0.3 is 15.2 Å². The molecule has 19 heavy (non-hydrogen) atoms. The highest BCUT2D eigenvalue weighted by molar-refractivity contribution is 9.10. The lowest BCUT2D eigenvalue weighted by Crippen LogP contribution is -2.16. The van der Waals surface area contributed by atoms with Crippen LogP contribution in [0.5, 0.6) is 11.5 Å². The van der Waals surface area contributed by atoms with Crippen LogP contribution in [0.1, 0.15) is 21.4 Å². The minimum Gasteiger partial charge on any atom is -0.486 e. The number of nitrogens with two attached hydrogens (primary N) is 1. The third-order valence-electron chi connectivity index (χ3n) is 3.11. The van der Waals surface area contributed by atoms with Crippen LogP contribution >= 0.6 is 27.3 Å². The van der Waals surface area contributed by atoms with Gasteiger partial charge in [-0.15, -0.1) is 11.3 Å². The zero-order valence-electron chi connectivity index (χ0n) is 10.5. The van der Waals surface area contributed by atoms with Gasteiger partial charge in [-0.2, -0.15) is 0 Å². The largest absolute Gasteiger partial charge is 0.486 e. The van der Waals surface area contributed by atoms with Crippen LogP contribution < -0.4 is 15.2 Å². The van der Waals surface area contributed by atoms with Crippen LogP contribution in [0.4, 0.5) is 0 Å². The predicted octanol–water partition coefficient (Wildman–Crippen LogP) is 3.64. The molecule has 0 saturated carbocycles. The summed E-state index contributed by atoms with van der Waals surface area (Å²) in [6, 6.07) is 7.86. The summed E-state index contributed by atoms with van der Waals surface area (Å²) in [6.45, 7) is 3.28. The van der Waals surface area contributed by atoms with Crippen molar-refractivity contribution >= 4 is 27.3 Å². The molecule has 0 fully saturated rings. The van der Waals surface area contributed by atoms with Gasteiger partial charge in [-0.3, -0.25) is 0 Å². The highest BCUT2D eigenvalue weighted by Gasteiger charge is 2.17. The summed E-state index contributed by atoms with van der Waals surface area (Å²) in [4.78, 5) is 2.38. The molecule has 2 heterocycles. The first kappa shape index (κ1) is 13.0. The Labute approximate surface area is 124 Å². The Balaban J connectivity index is 1.93. The maximum absolute atomic E-state index is 6.32. The molecule has 2 aromatic rings. The molecule has 2 N–H and O–H groups in total. The standard InChI is InChI=1S/C14H14BrNO2S/c1-8-10(15)7-13(19-8)14(16)9-2-3-11-12(6-9)18-5-4-17-11/h2-3,6-7,14H,4-5,16H2,1H3. The number of thiophene rings is 1. The number of fused-ring (bicyclic) bond motifs is 1. The molecule has 0 aliphatic carbocycles. The summed E-state index contributed by atoms with van der Waals surface area (Å²) in [5.41, 5.74) is 7.36. The van der Waals surface area contributed by atoms with E-state index < -0.39 is 0 Å². The molecule has 0 spiro atoms. The molecule has 1 aliphatic heterocycles. The summed E-state index contributed by atoms with van der Waals surface area (Å²) in [7, 11) is 0. The second-order valence-corrected chi connectivity index (χ2v) is 6.58. The second kappa shape index (κ2) is 5.15. The van der Waals surface area contributed by atoms with Crippen LogP contribution in [0, 0.1) is 6.92 Å². The van der Waals surface area contributed by atoms with E-state index in [0.717, 1.165) is 26.4 Å². The number of halogens is 1. The average Bonchev–Trinajstić information content (AvgIpc) is 2.77. The SMILES string of the molecule is Cc1sc(C(N)c2ccc3c(c2)OCCO3)cc1Br. The average molecular weight is 340 g/mol. The molecule has 0 saturated heterocycles. The zero-order valence-corrected chi connectivity index (χ0v) is 12.9. The van der Waals surface area contributed by atoms with Crippen LogP contribution in [0.3, 0.4) is 0 Å². The molecule has 1 aromatic carbocycles. The lowest BCUT2D eigenvalue weighted by atomic mass is 10.1. The summed E-state index contributed by atoms with van der Waals surface area (Å²) < 4.78 is 12.2. The summed E-state index contributed by atoms with van der Waals surface area (Å²) in [5, 5.41) is 0. The van der Waals surface area contributed by atoms with Crippen LogP contribution in [-0.4, -0.2) is 13.2 Å². The Morgan fingerprint density at radius 1 is 1.21 bits per heavy atom. The molecule has 1 unspecified atom stereocenters. The third kappa shape index (κ3) is 2.50. The molecule has 100 valence electrons. The van der Waals surface area contributed by atoms with Gasteiger partial charge in [0.2, 0.25) is 0 Å². The van der Waals surface area contributed by atoms with Crippen molar-refractivity contribution in [2.45, 2.75) is 13.0 Å². The number of benzene rings is 1. The summed E-state index contributed by atoms with van der Waals surface area (Å²) in [5.74, 6) is 1.58. The Bertz CT molecular complexity index is 592. The fourth-order valence-corrected chi connectivity index (χ4v) is 3.64. The van der Waals surface area contributed by atoms with Gasteiger partial charge in [0.25, 0.3) is 0 Å². The van der Waals surface area contributed by atoms with E-state index in [9.17, 15) is 0 Å². The first-order valence-corrected chi connectivity index (χ1v) is 7.67. The molecular formula is C14H14BrNO2S. The smallest absolute Gasteiger partial charge is 0.161 e. The fourth-order valence-electron chi connectivity index (χ4n) is 2.05. The van der Waals surface area contributed by atoms with Crippen molar-refractivity contribution in [1.82, 2.24) is 0 Å². The van der Waals surface area contributed by atoms with E-state index in [1.165, 1.54) is 4.88 Å². The third-order valence-corrected chi connectivity index (χ3v) is 5.33. The Morgan fingerprint density at radius 2 is 1.95 bits per heavy atom. The van der Waals surface area contributed by atoms with Crippen molar-refractivity contribution in [1.29, 1.82) is 0 Å². The quantitative estimate of drug-likeness (QED) is 0.908. The highest BCUT2D eigenvalue weighted by Crippen LogP contribution is 2.36. The van der Waals surface area contributed by atoms with Gasteiger partial charge in [-0.05, 0) is 46.6 Å². The monoisotopic (exact) mass is 339 g/mol. The van der Waals surface area contributed by atoms with Gasteiger partial charge in [0.05, 0.1) is 6.04 Å². The minimum absolute atomic E-state index is 0.133. The number of hydrogen-bond donors (Lipinski definition) is 1. The Hall–Kier alpha value is -1.04. The van der Waals surface area contributed by atoms with E-state index in [-0.39, 0.29) is 6.04 Å². The van der Waals surface area contributed by atoms with Crippen molar-refractivity contribution < 1.29 is 9.47 Å². The number of hydrogen-bond acceptors (Lipinski definition) is 4. The molecule has 3 nitrogen and oxygen atoms in total. The minimum atomic E-state index is -0.133. The number of rotatable bonds is 2. The van der Waals surface area contributed by atoms with Crippen molar-refractivity contribution in [3.8, 4) is 11.5 Å². The number of ether oxygens (including phenoxy) is 2. The van der Waals surface area contributed by atoms with Gasteiger partial charge >= 0.3 is 0 Å². The van der Waals surface area contributed by atoms with Crippen LogP contribution in [0.2, 0.25) is 0 Å². The van der Waals surface area contributed by atoms with Crippen LogP contribution in [-0.2, 0) is 0 Å². The summed E-state index contributed by atoms with van der Waals surface area (Å²) >= 11 is 5.24. The Kier molecular flexibility index (Phi) is 3.52. The zero-order chi connectivity index (χ0) is 13.4. The maximum atomic E-state index is 6.32. The first-order valence-electron chi connectivity index (χ1n) is 6.06. The van der Waals surface area contributed by atoms with E-state index >= 15 is 0 Å². The van der Waals surface area contributed by atoms with Gasteiger partial charge in [-0.1, -0.05) is 6.07 Å². The Morgan fingerprint density at radius 3 is 2.63 bits per heavy atom. The molecular weight excluding hydrogens is 326 g/mol. The maximum Gasteiger partial charge on any atom is 0.161 e. The van der Waals surface area contributed by atoms with E-state index in [0.29, 0.717) is 13.2 Å². The molecule has 0 bridgehead atoms. The topological polar surface area (TPSA) is 44.5 Å². The van der Waals surface area contributed by atoms with Gasteiger partial charge in [0, 0.05) is 14.2 Å². The predicted molar refractivity (Wildman–Crippen MR) is 80.2 cm³/mol. The molecule has 5 heteroatoms. The van der Waals surface area contributed by atoms with E-state index in [1.54, 1.807) is 11.3 Å². The van der Waals surface area contributed by atoms with E-state index in [1.807, 2.05) is 18.2 Å². The van der Waals surface area contributed by atoms with Crippen molar-refractivity contribution in [3.05, 3.63) is 44.1 Å². The normalized spacial score (nSPS) is 15.3. The van der Waals surface area contributed by atoms with Crippen LogP contribution in [0.25, 0.3) is 0 Å². The van der Waals surface area contributed by atoms with Gasteiger partial charge in [0.15, 0.2) is 11.5 Å². The van der Waals surface area contributed by atoms with E-state index in [4.69, 9.17) is 15.2 Å². The van der Waals surface area contributed by atoms with E-state index in [2.05, 4.69) is 28.9 Å². The van der Waals surface area contributed by atoms with Gasteiger partial charge in [0.1, 0.15) is 13.2 Å². The molecule has 1 atom stereocenters. The fraction of sp³-hybridized carbons (Fsp3) is 0.286. The van der Waals surface area contributed by atoms with Crippen LogP contribution in [0.15, 0.2) is 28.7 Å². The van der Waals surface area contributed by atoms with Crippen molar-refractivity contribution in [2.75, 3.05) is 13.2 Å². The number of aryl methyl sites for hydroxylation is 1. The van der Waals surface area contributed by atoms with Crippen molar-refractivity contribution in [2.24, 2.45) is 5.73 Å². The first-order chi connectivity index (χ1) is 9.15. The molecule has 1 aromatic heterocycles. The molecule has 0 amide bonds. The highest BCUT2D eigenvalue weighted by atomic mass is 79.9. The van der Waals surface area contributed by atoms with Gasteiger partial charge in [-0.25, -0.2) is 0 Å². The van der Waals surface area contributed by atoms with Crippen molar-refractivity contribution in [3.63, 3.8) is 0 Å². The molecule has 3 rings (SSSR count).